The molecule has 1 atom stereocenters. The Kier molecular flexibility index (Phi) is 5.22. The number of hydrogen-bond donors (Lipinski definition) is 2. The van der Waals surface area contributed by atoms with E-state index in [9.17, 15) is 0 Å². The van der Waals surface area contributed by atoms with Gasteiger partial charge in [0.1, 0.15) is 0 Å². The molecular weight excluding hydrogens is 248 g/mol. The summed E-state index contributed by atoms with van der Waals surface area (Å²) in [6.07, 6.45) is 7.54. The Hall–Kier alpha value is -0.870. The predicted octanol–water partition coefficient (Wildman–Crippen LogP) is 2.63. The van der Waals surface area contributed by atoms with Crippen LogP contribution in [-0.2, 0) is 13.5 Å². The lowest BCUT2D eigenvalue weighted by Crippen LogP contribution is -2.42. The van der Waals surface area contributed by atoms with E-state index < -0.39 is 0 Å². The van der Waals surface area contributed by atoms with Gasteiger partial charge >= 0.3 is 0 Å². The van der Waals surface area contributed by atoms with Crippen molar-refractivity contribution in [2.45, 2.75) is 65.3 Å². The highest BCUT2D eigenvalue weighted by Crippen LogP contribution is 2.31. The van der Waals surface area contributed by atoms with Gasteiger partial charge in [-0.2, -0.15) is 5.10 Å². The van der Waals surface area contributed by atoms with Crippen LogP contribution in [0.15, 0.2) is 0 Å². The van der Waals surface area contributed by atoms with Gasteiger partial charge in [0, 0.05) is 18.8 Å². The molecule has 114 valence electrons. The van der Waals surface area contributed by atoms with Crippen molar-refractivity contribution in [3.05, 3.63) is 17.0 Å². The summed E-state index contributed by atoms with van der Waals surface area (Å²) in [6, 6.07) is 0.446. The van der Waals surface area contributed by atoms with Crippen LogP contribution in [0.25, 0.3) is 0 Å². The quantitative estimate of drug-likeness (QED) is 0.643. The third-order valence-corrected chi connectivity index (χ3v) is 5.21. The third-order valence-electron chi connectivity index (χ3n) is 5.21. The summed E-state index contributed by atoms with van der Waals surface area (Å²) in [7, 11) is 2.02. The second-order valence-corrected chi connectivity index (χ2v) is 6.60. The van der Waals surface area contributed by atoms with Gasteiger partial charge in [-0.3, -0.25) is 16.0 Å². The first kappa shape index (κ1) is 15.5. The van der Waals surface area contributed by atoms with Gasteiger partial charge in [-0.25, -0.2) is 0 Å². The lowest BCUT2D eigenvalue weighted by atomic mass is 9.78. The van der Waals surface area contributed by atoms with Gasteiger partial charge in [0.05, 0.1) is 5.69 Å². The molecule has 4 heteroatoms. The van der Waals surface area contributed by atoms with E-state index in [1.807, 2.05) is 11.7 Å². The maximum absolute atomic E-state index is 5.81. The molecule has 1 fully saturated rings. The first-order chi connectivity index (χ1) is 9.52. The average Bonchev–Trinajstić information content (AvgIpc) is 2.67. The Morgan fingerprint density at radius 2 is 1.95 bits per heavy atom. The molecule has 1 aromatic heterocycles. The van der Waals surface area contributed by atoms with Crippen molar-refractivity contribution in [2.75, 3.05) is 0 Å². The molecule has 0 radical (unpaired) electrons. The Morgan fingerprint density at radius 3 is 2.45 bits per heavy atom. The lowest BCUT2D eigenvalue weighted by molar-refractivity contribution is 0.223. The molecule has 1 saturated carbocycles. The SMILES string of the molecule is Cc1nn(C)c(C)c1CCC(NN)C1CCC(C)CC1. The van der Waals surface area contributed by atoms with Crippen molar-refractivity contribution in [1.82, 2.24) is 15.2 Å². The zero-order valence-electron chi connectivity index (χ0n) is 13.4. The summed E-state index contributed by atoms with van der Waals surface area (Å²) in [5.74, 6) is 7.45. The second kappa shape index (κ2) is 6.72. The highest BCUT2D eigenvalue weighted by molar-refractivity contribution is 5.24. The van der Waals surface area contributed by atoms with Crippen LogP contribution >= 0.6 is 0 Å². The van der Waals surface area contributed by atoms with Crippen molar-refractivity contribution in [1.29, 1.82) is 0 Å². The number of hydrogen-bond acceptors (Lipinski definition) is 3. The topological polar surface area (TPSA) is 55.9 Å². The third kappa shape index (κ3) is 3.41. The fraction of sp³-hybridized carbons (Fsp3) is 0.812. The molecule has 2 rings (SSSR count). The van der Waals surface area contributed by atoms with Gasteiger partial charge in [0.25, 0.3) is 0 Å². The number of nitrogens with zero attached hydrogens (tertiary/aromatic N) is 2. The molecule has 3 N–H and O–H groups in total. The van der Waals surface area contributed by atoms with Gasteiger partial charge in [0.15, 0.2) is 0 Å². The highest BCUT2D eigenvalue weighted by Gasteiger charge is 2.25. The van der Waals surface area contributed by atoms with Crippen molar-refractivity contribution >= 4 is 0 Å². The lowest BCUT2D eigenvalue weighted by Gasteiger charge is -2.32. The minimum atomic E-state index is 0.446. The van der Waals surface area contributed by atoms with Crippen molar-refractivity contribution in [3.63, 3.8) is 0 Å². The Labute approximate surface area is 123 Å². The first-order valence-corrected chi connectivity index (χ1v) is 7.98. The van der Waals surface area contributed by atoms with Gasteiger partial charge < -0.3 is 0 Å². The Bertz CT molecular complexity index is 430. The number of nitrogens with one attached hydrogen (secondary N) is 1. The van der Waals surface area contributed by atoms with Crippen LogP contribution in [0.2, 0.25) is 0 Å². The van der Waals surface area contributed by atoms with Crippen LogP contribution in [0.5, 0.6) is 0 Å². The molecule has 1 aliphatic carbocycles. The maximum Gasteiger partial charge on any atom is 0.0628 e. The summed E-state index contributed by atoms with van der Waals surface area (Å²) in [5, 5.41) is 4.50. The summed E-state index contributed by atoms with van der Waals surface area (Å²) < 4.78 is 1.98. The van der Waals surface area contributed by atoms with Crippen LogP contribution in [0, 0.1) is 25.7 Å². The van der Waals surface area contributed by atoms with E-state index in [2.05, 4.69) is 31.3 Å². The van der Waals surface area contributed by atoms with E-state index in [0.29, 0.717) is 6.04 Å². The highest BCUT2D eigenvalue weighted by atomic mass is 15.3. The normalized spacial score (nSPS) is 24.9. The molecule has 0 saturated heterocycles. The smallest absolute Gasteiger partial charge is 0.0628 e. The zero-order chi connectivity index (χ0) is 14.7. The van der Waals surface area contributed by atoms with Crippen LogP contribution in [0.4, 0.5) is 0 Å². The Morgan fingerprint density at radius 1 is 1.30 bits per heavy atom. The fourth-order valence-electron chi connectivity index (χ4n) is 3.62. The minimum absolute atomic E-state index is 0.446. The van der Waals surface area contributed by atoms with E-state index in [0.717, 1.165) is 30.4 Å². The molecule has 4 nitrogen and oxygen atoms in total. The maximum atomic E-state index is 5.81. The van der Waals surface area contributed by atoms with Crippen molar-refractivity contribution < 1.29 is 0 Å². The molecule has 1 heterocycles. The molecule has 0 aromatic carbocycles. The van der Waals surface area contributed by atoms with Crippen molar-refractivity contribution in [3.8, 4) is 0 Å². The number of nitrogens with two attached hydrogens (primary N) is 1. The molecule has 0 amide bonds. The molecule has 0 spiro atoms. The molecule has 20 heavy (non-hydrogen) atoms. The van der Waals surface area contributed by atoms with Crippen LogP contribution in [0.1, 0.15) is 56.0 Å². The molecule has 0 bridgehead atoms. The number of aromatic nitrogens is 2. The van der Waals surface area contributed by atoms with E-state index in [4.69, 9.17) is 5.84 Å². The first-order valence-electron chi connectivity index (χ1n) is 7.98. The van der Waals surface area contributed by atoms with E-state index in [1.165, 1.54) is 36.9 Å². The summed E-state index contributed by atoms with van der Waals surface area (Å²) >= 11 is 0. The van der Waals surface area contributed by atoms with E-state index >= 15 is 0 Å². The van der Waals surface area contributed by atoms with E-state index in [1.54, 1.807) is 0 Å². The van der Waals surface area contributed by atoms with Crippen LogP contribution < -0.4 is 11.3 Å². The number of hydrazine groups is 1. The predicted molar refractivity (Wildman–Crippen MR) is 83.2 cm³/mol. The largest absolute Gasteiger partial charge is 0.272 e. The molecule has 1 unspecified atom stereocenters. The number of rotatable bonds is 5. The fourth-order valence-corrected chi connectivity index (χ4v) is 3.62. The van der Waals surface area contributed by atoms with Crippen LogP contribution in [-0.4, -0.2) is 15.8 Å². The molecule has 1 aliphatic rings. The Balaban J connectivity index is 1.93. The second-order valence-electron chi connectivity index (χ2n) is 6.60. The average molecular weight is 278 g/mol. The number of aryl methyl sites for hydroxylation is 2. The van der Waals surface area contributed by atoms with Gasteiger partial charge in [-0.1, -0.05) is 19.8 Å². The summed E-state index contributed by atoms with van der Waals surface area (Å²) in [4.78, 5) is 0. The van der Waals surface area contributed by atoms with Crippen LogP contribution in [0.3, 0.4) is 0 Å². The van der Waals surface area contributed by atoms with Gasteiger partial charge in [-0.05, 0) is 56.9 Å². The summed E-state index contributed by atoms with van der Waals surface area (Å²) in [5.41, 5.74) is 6.93. The molecule has 1 aromatic rings. The summed E-state index contributed by atoms with van der Waals surface area (Å²) in [6.45, 7) is 6.63. The molecular formula is C16H30N4. The van der Waals surface area contributed by atoms with Crippen molar-refractivity contribution in [2.24, 2.45) is 24.7 Å². The van der Waals surface area contributed by atoms with Gasteiger partial charge in [0.2, 0.25) is 0 Å². The monoisotopic (exact) mass is 278 g/mol. The molecule has 0 aliphatic heterocycles. The van der Waals surface area contributed by atoms with E-state index in [-0.39, 0.29) is 0 Å². The minimum Gasteiger partial charge on any atom is -0.272 e. The standard InChI is InChI=1S/C16H30N4/c1-11-5-7-14(8-6-11)16(18-17)10-9-15-12(2)19-20(4)13(15)3/h11,14,16,18H,5-10,17H2,1-4H3. The zero-order valence-corrected chi connectivity index (χ0v) is 13.4. The van der Waals surface area contributed by atoms with Gasteiger partial charge in [-0.15, -0.1) is 0 Å².